The molecule has 0 amide bonds. The number of para-hydroxylation sites is 1. The van der Waals surface area contributed by atoms with Gasteiger partial charge < -0.3 is 9.47 Å². The summed E-state index contributed by atoms with van der Waals surface area (Å²) in [4.78, 5) is 3.78. The Bertz CT molecular complexity index is 1150. The largest absolute Gasteiger partial charge is 0.313 e. The molecule has 0 atom stereocenters. The summed E-state index contributed by atoms with van der Waals surface area (Å²) in [6, 6.07) is 18.1. The Balaban J connectivity index is 1.83. The van der Waals surface area contributed by atoms with E-state index in [1.54, 1.807) is 0 Å². The van der Waals surface area contributed by atoms with Crippen molar-refractivity contribution in [3.63, 3.8) is 0 Å². The van der Waals surface area contributed by atoms with Gasteiger partial charge in [0.25, 0.3) is 0 Å². The van der Waals surface area contributed by atoms with E-state index in [4.69, 9.17) is 0 Å². The first-order valence-electron chi connectivity index (χ1n) is 9.58. The minimum Gasteiger partial charge on any atom is -0.313 e. The molecule has 0 saturated heterocycles. The summed E-state index contributed by atoms with van der Waals surface area (Å²) in [5, 5.41) is 3.65. The Morgan fingerprint density at radius 1 is 0.963 bits per heavy atom. The lowest BCUT2D eigenvalue weighted by molar-refractivity contribution is 0.311. The number of rotatable bonds is 2. The van der Waals surface area contributed by atoms with Crippen molar-refractivity contribution in [2.45, 2.75) is 26.8 Å². The van der Waals surface area contributed by atoms with Gasteiger partial charge in [0.1, 0.15) is 0 Å². The first-order chi connectivity index (χ1) is 13.1. The lowest BCUT2D eigenvalue weighted by Gasteiger charge is -2.24. The average Bonchev–Trinajstić information content (AvgIpc) is 3.23. The monoisotopic (exact) mass is 372 g/mol. The minimum atomic E-state index is 1.03. The molecule has 1 aliphatic rings. The summed E-state index contributed by atoms with van der Waals surface area (Å²) in [6.45, 7) is 6.51. The summed E-state index contributed by atoms with van der Waals surface area (Å²) < 4.78 is 2.53. The van der Waals surface area contributed by atoms with Crippen LogP contribution in [0.5, 0.6) is 0 Å². The topological polar surface area (TPSA) is 8.17 Å². The molecule has 0 N–H and O–H groups in total. The van der Waals surface area contributed by atoms with Gasteiger partial charge in [-0.1, -0.05) is 29.8 Å². The maximum Gasteiger partial charge on any atom is 0.0545 e. The van der Waals surface area contributed by atoms with E-state index >= 15 is 0 Å². The summed E-state index contributed by atoms with van der Waals surface area (Å²) in [6.07, 6.45) is 1.09. The molecule has 0 saturated carbocycles. The van der Waals surface area contributed by atoms with Crippen molar-refractivity contribution in [3.8, 4) is 16.1 Å². The number of fused-ring (bicyclic) bond motifs is 3. The van der Waals surface area contributed by atoms with Crippen molar-refractivity contribution in [1.82, 2.24) is 9.47 Å². The molecule has 2 aromatic carbocycles. The van der Waals surface area contributed by atoms with Crippen LogP contribution in [-0.2, 0) is 13.0 Å². The molecule has 0 spiro atoms. The third-order valence-corrected chi connectivity index (χ3v) is 6.72. The third kappa shape index (κ3) is 2.73. The van der Waals surface area contributed by atoms with Crippen LogP contribution in [0.15, 0.2) is 53.9 Å². The minimum absolute atomic E-state index is 1.03. The van der Waals surface area contributed by atoms with Gasteiger partial charge in [-0.25, -0.2) is 0 Å². The molecule has 4 aromatic rings. The maximum absolute atomic E-state index is 2.53. The molecule has 5 rings (SSSR count). The van der Waals surface area contributed by atoms with Crippen LogP contribution in [0.1, 0.15) is 22.4 Å². The van der Waals surface area contributed by atoms with Crippen LogP contribution < -0.4 is 0 Å². The summed E-state index contributed by atoms with van der Waals surface area (Å²) >= 11 is 1.84. The van der Waals surface area contributed by atoms with Crippen molar-refractivity contribution in [2.24, 2.45) is 0 Å². The van der Waals surface area contributed by atoms with Gasteiger partial charge in [0, 0.05) is 41.0 Å². The second-order valence-corrected chi connectivity index (χ2v) is 8.69. The fourth-order valence-corrected chi connectivity index (χ4v) is 5.27. The number of aryl methyl sites for hydroxylation is 2. The summed E-state index contributed by atoms with van der Waals surface area (Å²) in [5.41, 5.74) is 9.61. The number of benzene rings is 2. The van der Waals surface area contributed by atoms with Crippen molar-refractivity contribution in [1.29, 1.82) is 0 Å². The molecule has 0 fully saturated rings. The van der Waals surface area contributed by atoms with Crippen LogP contribution >= 0.6 is 11.3 Å². The van der Waals surface area contributed by atoms with Crippen molar-refractivity contribution in [3.05, 3.63) is 76.3 Å². The van der Waals surface area contributed by atoms with Gasteiger partial charge in [-0.15, -0.1) is 11.3 Å². The normalized spacial score (nSPS) is 14.6. The number of hydrogen-bond donors (Lipinski definition) is 0. The zero-order valence-corrected chi connectivity index (χ0v) is 16.9. The Morgan fingerprint density at radius 3 is 2.63 bits per heavy atom. The fourth-order valence-electron chi connectivity index (χ4n) is 4.33. The molecule has 2 aromatic heterocycles. The molecule has 0 unspecified atom stereocenters. The Kier molecular flexibility index (Phi) is 3.96. The predicted octanol–water partition coefficient (Wildman–Crippen LogP) is 5.96. The fraction of sp³-hybridized carbons (Fsp3) is 0.250. The van der Waals surface area contributed by atoms with Gasteiger partial charge in [-0.05, 0) is 61.7 Å². The van der Waals surface area contributed by atoms with E-state index in [9.17, 15) is 0 Å². The summed E-state index contributed by atoms with van der Waals surface area (Å²) in [7, 11) is 2.23. The Morgan fingerprint density at radius 2 is 1.81 bits per heavy atom. The quantitative estimate of drug-likeness (QED) is 0.421. The van der Waals surface area contributed by atoms with Crippen LogP contribution in [0.4, 0.5) is 0 Å². The first-order valence-corrected chi connectivity index (χ1v) is 10.5. The van der Waals surface area contributed by atoms with Crippen molar-refractivity contribution in [2.75, 3.05) is 13.6 Å². The molecule has 0 aliphatic carbocycles. The van der Waals surface area contributed by atoms with Gasteiger partial charge in [-0.3, -0.25) is 0 Å². The van der Waals surface area contributed by atoms with E-state index in [1.807, 2.05) is 11.3 Å². The molecule has 27 heavy (non-hydrogen) atoms. The molecule has 2 nitrogen and oxygen atoms in total. The molecule has 1 aliphatic heterocycles. The highest BCUT2D eigenvalue weighted by Crippen LogP contribution is 2.38. The van der Waals surface area contributed by atoms with E-state index < -0.39 is 0 Å². The molecular weight excluding hydrogens is 348 g/mol. The van der Waals surface area contributed by atoms with Gasteiger partial charge in [0.15, 0.2) is 0 Å². The smallest absolute Gasteiger partial charge is 0.0545 e. The average molecular weight is 373 g/mol. The van der Waals surface area contributed by atoms with Crippen LogP contribution in [0, 0.1) is 13.8 Å². The van der Waals surface area contributed by atoms with Crippen LogP contribution in [0.25, 0.3) is 27.0 Å². The number of hydrogen-bond acceptors (Lipinski definition) is 2. The van der Waals surface area contributed by atoms with Gasteiger partial charge >= 0.3 is 0 Å². The molecule has 3 heterocycles. The third-order valence-electron chi connectivity index (χ3n) is 5.64. The standard InChI is InChI=1S/C24H24N2S/c1-16-8-9-22-19(12-16)20-14-25(3)11-10-23(20)26(22)21-7-5-4-6-18(21)24-13-17(2)15-27-24/h4-9,12-13,15H,10-11,14H2,1-3H3. The lowest BCUT2D eigenvalue weighted by Crippen LogP contribution is -2.27. The van der Waals surface area contributed by atoms with E-state index in [0.29, 0.717) is 0 Å². The number of likely N-dealkylation sites (N-methyl/N-ethyl adjacent to an activating group) is 1. The Hall–Kier alpha value is -2.36. The van der Waals surface area contributed by atoms with Crippen LogP contribution in [0.2, 0.25) is 0 Å². The molecule has 136 valence electrons. The zero-order valence-electron chi connectivity index (χ0n) is 16.1. The highest BCUT2D eigenvalue weighted by Gasteiger charge is 2.24. The van der Waals surface area contributed by atoms with Gasteiger partial charge in [0.2, 0.25) is 0 Å². The molecular formula is C24H24N2S. The van der Waals surface area contributed by atoms with E-state index in [-0.39, 0.29) is 0 Å². The predicted molar refractivity (Wildman–Crippen MR) is 116 cm³/mol. The van der Waals surface area contributed by atoms with Crippen LogP contribution in [0.3, 0.4) is 0 Å². The van der Waals surface area contributed by atoms with Gasteiger partial charge in [-0.2, -0.15) is 0 Å². The van der Waals surface area contributed by atoms with E-state index in [1.165, 1.54) is 49.4 Å². The first kappa shape index (κ1) is 16.8. The summed E-state index contributed by atoms with van der Waals surface area (Å²) in [5.74, 6) is 0. The second-order valence-electron chi connectivity index (χ2n) is 7.77. The molecule has 3 heteroatoms. The van der Waals surface area contributed by atoms with Crippen molar-refractivity contribution < 1.29 is 0 Å². The van der Waals surface area contributed by atoms with Gasteiger partial charge in [0.05, 0.1) is 11.2 Å². The lowest BCUT2D eigenvalue weighted by atomic mass is 10.0. The highest BCUT2D eigenvalue weighted by atomic mass is 32.1. The number of thiophene rings is 1. The second kappa shape index (κ2) is 6.36. The Labute approximate surface area is 164 Å². The maximum atomic E-state index is 2.53. The SMILES string of the molecule is Cc1csc(-c2ccccc2-n2c3c(c4cc(C)ccc42)CN(C)CC3)c1. The van der Waals surface area contributed by atoms with Crippen molar-refractivity contribution >= 4 is 22.2 Å². The highest BCUT2D eigenvalue weighted by molar-refractivity contribution is 7.13. The zero-order chi connectivity index (χ0) is 18.5. The number of aromatic nitrogens is 1. The molecule has 0 bridgehead atoms. The number of nitrogens with zero attached hydrogens (tertiary/aromatic N) is 2. The van der Waals surface area contributed by atoms with E-state index in [0.717, 1.165) is 19.5 Å². The van der Waals surface area contributed by atoms with Crippen LogP contribution in [-0.4, -0.2) is 23.1 Å². The molecule has 0 radical (unpaired) electrons. The van der Waals surface area contributed by atoms with E-state index in [2.05, 4.69) is 84.3 Å².